The normalized spacial score (nSPS) is 10.8. The highest BCUT2D eigenvalue weighted by Crippen LogP contribution is 2.10. The smallest absolute Gasteiger partial charge is 0.222 e. The molecule has 4 nitrogen and oxygen atoms in total. The summed E-state index contributed by atoms with van der Waals surface area (Å²) in [6.07, 6.45) is 0. The Morgan fingerprint density at radius 1 is 1.40 bits per heavy atom. The molecule has 1 heterocycles. The maximum Gasteiger partial charge on any atom is 0.222 e. The van der Waals surface area contributed by atoms with Crippen LogP contribution < -0.4 is 5.73 Å². The standard InChI is InChI=1S/C6H12N4/c1-4(2)10-5(3)8-9-6(10)7/h4H,1-3H3,(H2,7,9). The van der Waals surface area contributed by atoms with E-state index in [0.29, 0.717) is 12.0 Å². The van der Waals surface area contributed by atoms with Gasteiger partial charge in [0.25, 0.3) is 0 Å². The first-order valence-corrected chi connectivity index (χ1v) is 3.30. The zero-order valence-electron chi connectivity index (χ0n) is 6.50. The van der Waals surface area contributed by atoms with Gasteiger partial charge in [0, 0.05) is 6.04 Å². The molecule has 0 radical (unpaired) electrons. The fourth-order valence-corrected chi connectivity index (χ4v) is 1.02. The Labute approximate surface area is 60.1 Å². The minimum Gasteiger partial charge on any atom is -0.368 e. The van der Waals surface area contributed by atoms with Gasteiger partial charge in [-0.25, -0.2) is 0 Å². The Hall–Kier alpha value is -1.06. The summed E-state index contributed by atoms with van der Waals surface area (Å²) in [7, 11) is 0. The Balaban J connectivity index is 3.10. The van der Waals surface area contributed by atoms with Gasteiger partial charge in [-0.05, 0) is 20.8 Å². The number of nitrogen functional groups attached to an aromatic ring is 1. The Morgan fingerprint density at radius 3 is 2.20 bits per heavy atom. The van der Waals surface area contributed by atoms with Gasteiger partial charge < -0.3 is 5.73 Å². The number of aryl methyl sites for hydroxylation is 1. The third kappa shape index (κ3) is 0.964. The summed E-state index contributed by atoms with van der Waals surface area (Å²) in [4.78, 5) is 0. The van der Waals surface area contributed by atoms with Gasteiger partial charge in [0.15, 0.2) is 0 Å². The molecule has 0 aliphatic heterocycles. The lowest BCUT2D eigenvalue weighted by molar-refractivity contribution is 0.590. The van der Waals surface area contributed by atoms with Gasteiger partial charge in [-0.15, -0.1) is 10.2 Å². The molecule has 1 rings (SSSR count). The van der Waals surface area contributed by atoms with E-state index in [1.54, 1.807) is 0 Å². The number of anilines is 1. The molecule has 0 aliphatic carbocycles. The molecule has 0 bridgehead atoms. The molecule has 2 N–H and O–H groups in total. The molecular formula is C6H12N4. The van der Waals surface area contributed by atoms with Crippen LogP contribution in [-0.2, 0) is 0 Å². The van der Waals surface area contributed by atoms with E-state index in [1.165, 1.54) is 0 Å². The summed E-state index contributed by atoms with van der Waals surface area (Å²) in [5.74, 6) is 1.36. The zero-order valence-corrected chi connectivity index (χ0v) is 6.50. The first-order chi connectivity index (χ1) is 4.63. The molecule has 1 aromatic heterocycles. The molecule has 0 aliphatic rings. The number of rotatable bonds is 1. The van der Waals surface area contributed by atoms with Crippen molar-refractivity contribution in [2.75, 3.05) is 5.73 Å². The molecular weight excluding hydrogens is 128 g/mol. The fraction of sp³-hybridized carbons (Fsp3) is 0.667. The minimum atomic E-state index is 0.343. The third-order valence-electron chi connectivity index (χ3n) is 1.41. The number of hydrogen-bond acceptors (Lipinski definition) is 3. The lowest BCUT2D eigenvalue weighted by Crippen LogP contribution is -2.07. The van der Waals surface area contributed by atoms with Crippen LogP contribution in [0.5, 0.6) is 0 Å². The van der Waals surface area contributed by atoms with Crippen molar-refractivity contribution < 1.29 is 0 Å². The van der Waals surface area contributed by atoms with Crippen LogP contribution in [0.15, 0.2) is 0 Å². The molecule has 56 valence electrons. The van der Waals surface area contributed by atoms with Crippen molar-refractivity contribution in [3.05, 3.63) is 5.82 Å². The number of aromatic nitrogens is 3. The molecule has 0 unspecified atom stereocenters. The van der Waals surface area contributed by atoms with Crippen LogP contribution in [0.1, 0.15) is 25.7 Å². The van der Waals surface area contributed by atoms with Gasteiger partial charge in [0.1, 0.15) is 5.82 Å². The maximum absolute atomic E-state index is 5.53. The van der Waals surface area contributed by atoms with Crippen molar-refractivity contribution in [2.45, 2.75) is 26.8 Å². The summed E-state index contributed by atoms with van der Waals surface area (Å²) >= 11 is 0. The van der Waals surface area contributed by atoms with Crippen molar-refractivity contribution in [2.24, 2.45) is 0 Å². The Bertz CT molecular complexity index is 206. The first kappa shape index (κ1) is 7.05. The van der Waals surface area contributed by atoms with E-state index < -0.39 is 0 Å². The Kier molecular flexibility index (Phi) is 1.61. The quantitative estimate of drug-likeness (QED) is 0.626. The lowest BCUT2D eigenvalue weighted by atomic mass is 10.4. The molecule has 1 aromatic rings. The molecule has 0 aromatic carbocycles. The molecule has 0 saturated heterocycles. The molecule has 0 fully saturated rings. The SMILES string of the molecule is Cc1nnc(N)n1C(C)C. The zero-order chi connectivity index (χ0) is 7.72. The fourth-order valence-electron chi connectivity index (χ4n) is 1.02. The molecule has 0 atom stereocenters. The number of nitrogens with two attached hydrogens (primary N) is 1. The van der Waals surface area contributed by atoms with Gasteiger partial charge in [0.2, 0.25) is 5.95 Å². The van der Waals surface area contributed by atoms with Crippen LogP contribution in [0, 0.1) is 6.92 Å². The topological polar surface area (TPSA) is 56.7 Å². The van der Waals surface area contributed by atoms with E-state index in [4.69, 9.17) is 5.73 Å². The van der Waals surface area contributed by atoms with Gasteiger partial charge in [-0.2, -0.15) is 0 Å². The van der Waals surface area contributed by atoms with Crippen LogP contribution in [0.3, 0.4) is 0 Å². The molecule has 4 heteroatoms. The average molecular weight is 140 g/mol. The van der Waals surface area contributed by atoms with E-state index in [-0.39, 0.29) is 0 Å². The predicted molar refractivity (Wildman–Crippen MR) is 39.6 cm³/mol. The van der Waals surface area contributed by atoms with Crippen LogP contribution >= 0.6 is 0 Å². The van der Waals surface area contributed by atoms with E-state index in [9.17, 15) is 0 Å². The Morgan fingerprint density at radius 2 is 2.00 bits per heavy atom. The van der Waals surface area contributed by atoms with E-state index >= 15 is 0 Å². The van der Waals surface area contributed by atoms with Crippen molar-refractivity contribution >= 4 is 5.95 Å². The van der Waals surface area contributed by atoms with Crippen LogP contribution in [0.2, 0.25) is 0 Å². The van der Waals surface area contributed by atoms with Gasteiger partial charge >= 0.3 is 0 Å². The highest BCUT2D eigenvalue weighted by Gasteiger charge is 2.06. The van der Waals surface area contributed by atoms with E-state index in [1.807, 2.05) is 25.3 Å². The summed E-state index contributed by atoms with van der Waals surface area (Å²) in [5, 5.41) is 7.55. The lowest BCUT2D eigenvalue weighted by Gasteiger charge is -2.08. The highest BCUT2D eigenvalue weighted by atomic mass is 15.3. The van der Waals surface area contributed by atoms with Crippen molar-refractivity contribution in [1.29, 1.82) is 0 Å². The first-order valence-electron chi connectivity index (χ1n) is 3.30. The van der Waals surface area contributed by atoms with Crippen molar-refractivity contribution in [1.82, 2.24) is 14.8 Å². The average Bonchev–Trinajstić information content (AvgIpc) is 2.11. The molecule has 0 saturated carbocycles. The van der Waals surface area contributed by atoms with Crippen LogP contribution in [0.4, 0.5) is 5.95 Å². The molecule has 0 spiro atoms. The van der Waals surface area contributed by atoms with E-state index in [0.717, 1.165) is 5.82 Å². The summed E-state index contributed by atoms with van der Waals surface area (Å²) in [6, 6.07) is 0.343. The molecule has 10 heavy (non-hydrogen) atoms. The van der Waals surface area contributed by atoms with Gasteiger partial charge in [0.05, 0.1) is 0 Å². The second kappa shape index (κ2) is 2.28. The third-order valence-corrected chi connectivity index (χ3v) is 1.41. The largest absolute Gasteiger partial charge is 0.368 e. The predicted octanol–water partition coefficient (Wildman–Crippen LogP) is 0.750. The van der Waals surface area contributed by atoms with Gasteiger partial charge in [-0.1, -0.05) is 0 Å². The summed E-state index contributed by atoms with van der Waals surface area (Å²) in [5.41, 5.74) is 5.53. The summed E-state index contributed by atoms with van der Waals surface area (Å²) < 4.78 is 1.89. The molecule has 0 amide bonds. The van der Waals surface area contributed by atoms with Crippen LogP contribution in [-0.4, -0.2) is 14.8 Å². The summed E-state index contributed by atoms with van der Waals surface area (Å²) in [6.45, 7) is 5.99. The number of nitrogens with zero attached hydrogens (tertiary/aromatic N) is 3. The number of hydrogen-bond donors (Lipinski definition) is 1. The monoisotopic (exact) mass is 140 g/mol. The van der Waals surface area contributed by atoms with Gasteiger partial charge in [-0.3, -0.25) is 4.57 Å². The maximum atomic E-state index is 5.53. The second-order valence-corrected chi connectivity index (χ2v) is 2.57. The second-order valence-electron chi connectivity index (χ2n) is 2.57. The van der Waals surface area contributed by atoms with Crippen LogP contribution in [0.25, 0.3) is 0 Å². The van der Waals surface area contributed by atoms with Crippen molar-refractivity contribution in [3.8, 4) is 0 Å². The minimum absolute atomic E-state index is 0.343. The van der Waals surface area contributed by atoms with Crippen molar-refractivity contribution in [3.63, 3.8) is 0 Å². The highest BCUT2D eigenvalue weighted by molar-refractivity contribution is 5.17. The van der Waals surface area contributed by atoms with E-state index in [2.05, 4.69) is 10.2 Å².